The van der Waals surface area contributed by atoms with Gasteiger partial charge in [0, 0.05) is 12.6 Å². The molecule has 1 heterocycles. The van der Waals surface area contributed by atoms with Crippen LogP contribution in [0.15, 0.2) is 0 Å². The van der Waals surface area contributed by atoms with E-state index in [1.807, 2.05) is 7.05 Å². The molecule has 3 heteroatoms. The quantitative estimate of drug-likeness (QED) is 0.722. The highest BCUT2D eigenvalue weighted by molar-refractivity contribution is 4.83. The van der Waals surface area contributed by atoms with Gasteiger partial charge in [-0.05, 0) is 45.8 Å². The zero-order valence-electron chi connectivity index (χ0n) is 10.4. The lowest BCUT2D eigenvalue weighted by molar-refractivity contribution is -0.00960. The SMILES string of the molecule is CCC(O)(CC)CN1CCC(NC)CC1. The van der Waals surface area contributed by atoms with E-state index in [0.717, 1.165) is 32.5 Å². The Kier molecular flexibility index (Phi) is 5.03. The van der Waals surface area contributed by atoms with E-state index in [4.69, 9.17) is 0 Å². The number of hydrogen-bond donors (Lipinski definition) is 2. The topological polar surface area (TPSA) is 35.5 Å². The summed E-state index contributed by atoms with van der Waals surface area (Å²) >= 11 is 0. The molecule has 1 fully saturated rings. The summed E-state index contributed by atoms with van der Waals surface area (Å²) in [6.07, 6.45) is 4.13. The summed E-state index contributed by atoms with van der Waals surface area (Å²) in [6.45, 7) is 7.23. The summed E-state index contributed by atoms with van der Waals surface area (Å²) in [5.41, 5.74) is -0.466. The maximum absolute atomic E-state index is 10.2. The smallest absolute Gasteiger partial charge is 0.0768 e. The first-order chi connectivity index (χ1) is 7.13. The zero-order valence-corrected chi connectivity index (χ0v) is 10.4. The molecule has 0 aromatic rings. The van der Waals surface area contributed by atoms with Crippen molar-refractivity contribution in [1.82, 2.24) is 10.2 Å². The van der Waals surface area contributed by atoms with Gasteiger partial charge >= 0.3 is 0 Å². The highest BCUT2D eigenvalue weighted by Crippen LogP contribution is 2.19. The normalized spacial score (nSPS) is 20.8. The van der Waals surface area contributed by atoms with Crippen LogP contribution in [0, 0.1) is 0 Å². The number of nitrogens with one attached hydrogen (secondary N) is 1. The van der Waals surface area contributed by atoms with Crippen molar-refractivity contribution in [3.63, 3.8) is 0 Å². The molecule has 2 N–H and O–H groups in total. The molecule has 0 aromatic heterocycles. The number of rotatable bonds is 5. The van der Waals surface area contributed by atoms with Crippen LogP contribution in [0.25, 0.3) is 0 Å². The lowest BCUT2D eigenvalue weighted by Crippen LogP contribution is -2.48. The van der Waals surface area contributed by atoms with Crippen molar-refractivity contribution in [2.75, 3.05) is 26.7 Å². The Balaban J connectivity index is 2.34. The van der Waals surface area contributed by atoms with Crippen LogP contribution >= 0.6 is 0 Å². The molecule has 0 radical (unpaired) electrons. The molecule has 0 atom stereocenters. The Labute approximate surface area is 93.9 Å². The van der Waals surface area contributed by atoms with Crippen LogP contribution in [0.3, 0.4) is 0 Å². The Morgan fingerprint density at radius 1 is 1.27 bits per heavy atom. The number of likely N-dealkylation sites (tertiary alicyclic amines) is 1. The maximum Gasteiger partial charge on any atom is 0.0768 e. The van der Waals surface area contributed by atoms with Gasteiger partial charge in [-0.25, -0.2) is 0 Å². The molecule has 3 nitrogen and oxygen atoms in total. The van der Waals surface area contributed by atoms with E-state index in [0.29, 0.717) is 6.04 Å². The van der Waals surface area contributed by atoms with Gasteiger partial charge in [0.15, 0.2) is 0 Å². The molecule has 90 valence electrons. The van der Waals surface area contributed by atoms with Gasteiger partial charge < -0.3 is 15.3 Å². The van der Waals surface area contributed by atoms with E-state index in [1.54, 1.807) is 0 Å². The highest BCUT2D eigenvalue weighted by atomic mass is 16.3. The van der Waals surface area contributed by atoms with Crippen molar-refractivity contribution < 1.29 is 5.11 Å². The van der Waals surface area contributed by atoms with Gasteiger partial charge in [0.05, 0.1) is 5.60 Å². The van der Waals surface area contributed by atoms with E-state index < -0.39 is 5.60 Å². The molecule has 1 saturated heterocycles. The first kappa shape index (κ1) is 12.9. The van der Waals surface area contributed by atoms with Crippen LogP contribution in [0.1, 0.15) is 39.5 Å². The van der Waals surface area contributed by atoms with E-state index in [1.165, 1.54) is 12.8 Å². The number of nitrogens with zero attached hydrogens (tertiary/aromatic N) is 1. The van der Waals surface area contributed by atoms with Gasteiger partial charge in [-0.2, -0.15) is 0 Å². The first-order valence-corrected chi connectivity index (χ1v) is 6.25. The predicted molar refractivity (Wildman–Crippen MR) is 64.1 cm³/mol. The molecule has 0 spiro atoms. The molecular weight excluding hydrogens is 188 g/mol. The molecule has 0 bridgehead atoms. The zero-order chi connectivity index (χ0) is 11.3. The van der Waals surface area contributed by atoms with Gasteiger partial charge in [0.25, 0.3) is 0 Å². The van der Waals surface area contributed by atoms with Gasteiger partial charge in [-0.1, -0.05) is 13.8 Å². The predicted octanol–water partition coefficient (Wildman–Crippen LogP) is 1.22. The van der Waals surface area contributed by atoms with Gasteiger partial charge in [-0.3, -0.25) is 0 Å². The van der Waals surface area contributed by atoms with E-state index in [-0.39, 0.29) is 0 Å². The minimum Gasteiger partial charge on any atom is -0.389 e. The molecule has 0 unspecified atom stereocenters. The molecule has 15 heavy (non-hydrogen) atoms. The third-order valence-corrected chi connectivity index (χ3v) is 3.83. The Bertz CT molecular complexity index is 172. The summed E-state index contributed by atoms with van der Waals surface area (Å²) < 4.78 is 0. The minimum absolute atomic E-state index is 0.466. The van der Waals surface area contributed by atoms with Gasteiger partial charge in [-0.15, -0.1) is 0 Å². The second-order valence-corrected chi connectivity index (χ2v) is 4.77. The average molecular weight is 214 g/mol. The van der Waals surface area contributed by atoms with Crippen LogP contribution in [-0.2, 0) is 0 Å². The lowest BCUT2D eigenvalue weighted by Gasteiger charge is -2.37. The third kappa shape index (κ3) is 3.74. The Morgan fingerprint density at radius 3 is 2.20 bits per heavy atom. The van der Waals surface area contributed by atoms with Crippen molar-refractivity contribution in [1.29, 1.82) is 0 Å². The fourth-order valence-electron chi connectivity index (χ4n) is 2.27. The molecule has 1 aliphatic heterocycles. The average Bonchev–Trinajstić information content (AvgIpc) is 2.30. The Morgan fingerprint density at radius 2 is 1.80 bits per heavy atom. The maximum atomic E-state index is 10.2. The molecule has 0 amide bonds. The fourth-order valence-corrected chi connectivity index (χ4v) is 2.27. The van der Waals surface area contributed by atoms with Crippen molar-refractivity contribution in [2.45, 2.75) is 51.2 Å². The molecule has 0 saturated carbocycles. The van der Waals surface area contributed by atoms with Crippen LogP contribution in [0.5, 0.6) is 0 Å². The van der Waals surface area contributed by atoms with Crippen LogP contribution in [-0.4, -0.2) is 48.3 Å². The van der Waals surface area contributed by atoms with Crippen LogP contribution in [0.2, 0.25) is 0 Å². The van der Waals surface area contributed by atoms with E-state index >= 15 is 0 Å². The summed E-state index contributed by atoms with van der Waals surface area (Å²) in [5, 5.41) is 13.6. The summed E-state index contributed by atoms with van der Waals surface area (Å²) in [7, 11) is 2.04. The second-order valence-electron chi connectivity index (χ2n) is 4.77. The monoisotopic (exact) mass is 214 g/mol. The van der Waals surface area contributed by atoms with Crippen LogP contribution < -0.4 is 5.32 Å². The molecule has 1 aliphatic rings. The van der Waals surface area contributed by atoms with Crippen molar-refractivity contribution >= 4 is 0 Å². The lowest BCUT2D eigenvalue weighted by atomic mass is 9.95. The summed E-state index contributed by atoms with van der Waals surface area (Å²) in [6, 6.07) is 0.678. The molecule has 0 aliphatic carbocycles. The van der Waals surface area contributed by atoms with E-state index in [9.17, 15) is 5.11 Å². The number of hydrogen-bond acceptors (Lipinski definition) is 3. The number of piperidine rings is 1. The molecule has 0 aromatic carbocycles. The standard InChI is InChI=1S/C12H26N2O/c1-4-12(15,5-2)10-14-8-6-11(13-3)7-9-14/h11,13,15H,4-10H2,1-3H3. The van der Waals surface area contributed by atoms with Crippen molar-refractivity contribution in [2.24, 2.45) is 0 Å². The van der Waals surface area contributed by atoms with Gasteiger partial charge in [0.1, 0.15) is 0 Å². The molecule has 1 rings (SSSR count). The second kappa shape index (κ2) is 5.83. The van der Waals surface area contributed by atoms with E-state index in [2.05, 4.69) is 24.1 Å². The molecular formula is C12H26N2O. The Hall–Kier alpha value is -0.120. The van der Waals surface area contributed by atoms with Crippen molar-refractivity contribution in [3.8, 4) is 0 Å². The van der Waals surface area contributed by atoms with Crippen LogP contribution in [0.4, 0.5) is 0 Å². The third-order valence-electron chi connectivity index (χ3n) is 3.83. The minimum atomic E-state index is -0.466. The summed E-state index contributed by atoms with van der Waals surface area (Å²) in [5.74, 6) is 0. The fraction of sp³-hybridized carbons (Fsp3) is 1.00. The van der Waals surface area contributed by atoms with Crippen molar-refractivity contribution in [3.05, 3.63) is 0 Å². The first-order valence-electron chi connectivity index (χ1n) is 6.25. The number of aliphatic hydroxyl groups is 1. The van der Waals surface area contributed by atoms with Gasteiger partial charge in [0.2, 0.25) is 0 Å². The number of β-amino-alcohol motifs (C(OH)–C–C–N with tert-alkyl or cyclic N) is 1. The highest BCUT2D eigenvalue weighted by Gasteiger charge is 2.27. The summed E-state index contributed by atoms with van der Waals surface area (Å²) in [4.78, 5) is 2.40. The largest absolute Gasteiger partial charge is 0.389 e.